The molecule has 0 aliphatic rings. The Morgan fingerprint density at radius 3 is 2.52 bits per heavy atom. The molecule has 2 aromatic carbocycles. The number of benzene rings is 2. The molecule has 0 aromatic heterocycles. The molecule has 0 saturated carbocycles. The minimum absolute atomic E-state index is 0.127. The van der Waals surface area contributed by atoms with Crippen LogP contribution in [0.4, 0.5) is 14.5 Å². The summed E-state index contributed by atoms with van der Waals surface area (Å²) in [6.07, 6.45) is 0.254. The molecule has 2 N–H and O–H groups in total. The maximum atomic E-state index is 13.0. The number of thioether (sulfide) groups is 1. The summed E-state index contributed by atoms with van der Waals surface area (Å²) in [7, 11) is 0. The number of hydrogen-bond donors (Lipinski definition) is 2. The van der Waals surface area contributed by atoms with Crippen molar-refractivity contribution in [1.82, 2.24) is 5.32 Å². The van der Waals surface area contributed by atoms with Crippen molar-refractivity contribution in [3.63, 3.8) is 0 Å². The zero-order valence-corrected chi connectivity index (χ0v) is 15.4. The number of rotatable bonds is 7. The van der Waals surface area contributed by atoms with E-state index in [1.165, 1.54) is 17.8 Å². The molecule has 8 heteroatoms. The van der Waals surface area contributed by atoms with E-state index in [-0.39, 0.29) is 24.6 Å². The Labute approximate surface area is 156 Å². The highest BCUT2D eigenvalue weighted by Crippen LogP contribution is 2.27. The Morgan fingerprint density at radius 1 is 1.04 bits per heavy atom. The predicted molar refractivity (Wildman–Crippen MR) is 97.5 cm³/mol. The zero-order valence-electron chi connectivity index (χ0n) is 13.0. The molecule has 0 aliphatic heterocycles. The number of carbonyl (C=O) groups is 2. The van der Waals surface area contributed by atoms with Crippen molar-refractivity contribution in [3.05, 3.63) is 58.6 Å². The first-order valence-corrected chi connectivity index (χ1v) is 9.12. The predicted octanol–water partition coefficient (Wildman–Crippen LogP) is 3.96. The Balaban J connectivity index is 1.69. The van der Waals surface area contributed by atoms with Gasteiger partial charge in [-0.1, -0.05) is 12.1 Å². The maximum absolute atomic E-state index is 13.0. The average Bonchev–Trinajstić information content (AvgIpc) is 2.58. The fourth-order valence-corrected chi connectivity index (χ4v) is 3.38. The van der Waals surface area contributed by atoms with Crippen LogP contribution in [0.25, 0.3) is 0 Å². The van der Waals surface area contributed by atoms with Crippen LogP contribution in [0.15, 0.2) is 51.8 Å². The normalized spacial score (nSPS) is 10.4. The molecule has 0 heterocycles. The fourth-order valence-electron chi connectivity index (χ4n) is 1.86. The zero-order chi connectivity index (χ0) is 18.2. The topological polar surface area (TPSA) is 58.2 Å². The van der Waals surface area contributed by atoms with Gasteiger partial charge in [-0.3, -0.25) is 9.59 Å². The van der Waals surface area contributed by atoms with Crippen molar-refractivity contribution in [2.24, 2.45) is 0 Å². The van der Waals surface area contributed by atoms with E-state index in [9.17, 15) is 18.4 Å². The number of anilines is 1. The van der Waals surface area contributed by atoms with E-state index in [0.717, 1.165) is 21.5 Å². The van der Waals surface area contributed by atoms with Crippen molar-refractivity contribution < 1.29 is 18.4 Å². The molecule has 0 saturated heterocycles. The van der Waals surface area contributed by atoms with Gasteiger partial charge in [0.05, 0.1) is 6.54 Å². The summed E-state index contributed by atoms with van der Waals surface area (Å²) >= 11 is 4.96. The van der Waals surface area contributed by atoms with E-state index in [0.29, 0.717) is 5.75 Å². The van der Waals surface area contributed by atoms with Crippen LogP contribution in [0.3, 0.4) is 0 Å². The molecular weight excluding hydrogens is 414 g/mol. The van der Waals surface area contributed by atoms with Gasteiger partial charge in [0.2, 0.25) is 11.8 Å². The molecule has 2 rings (SSSR count). The van der Waals surface area contributed by atoms with E-state index >= 15 is 0 Å². The first kappa shape index (κ1) is 19.4. The van der Waals surface area contributed by atoms with Gasteiger partial charge >= 0.3 is 0 Å². The quantitative estimate of drug-likeness (QED) is 0.656. The van der Waals surface area contributed by atoms with E-state index < -0.39 is 17.5 Å². The van der Waals surface area contributed by atoms with Gasteiger partial charge in [0.15, 0.2) is 11.6 Å². The highest BCUT2D eigenvalue weighted by Gasteiger charge is 2.09. The van der Waals surface area contributed by atoms with E-state index in [2.05, 4.69) is 26.6 Å². The van der Waals surface area contributed by atoms with Crippen LogP contribution < -0.4 is 10.6 Å². The van der Waals surface area contributed by atoms with Gasteiger partial charge in [0, 0.05) is 33.3 Å². The van der Waals surface area contributed by atoms with Crippen LogP contribution in [-0.2, 0) is 9.59 Å². The lowest BCUT2D eigenvalue weighted by Gasteiger charge is -2.08. The van der Waals surface area contributed by atoms with E-state index in [1.54, 1.807) is 0 Å². The first-order valence-electron chi connectivity index (χ1n) is 7.34. The van der Waals surface area contributed by atoms with Gasteiger partial charge in [-0.25, -0.2) is 8.78 Å². The van der Waals surface area contributed by atoms with Crippen LogP contribution in [-0.4, -0.2) is 24.1 Å². The molecule has 0 aliphatic carbocycles. The summed E-state index contributed by atoms with van der Waals surface area (Å²) in [6.45, 7) is -0.239. The molecule has 2 aromatic rings. The summed E-state index contributed by atoms with van der Waals surface area (Å²) in [4.78, 5) is 24.5. The Hall–Kier alpha value is -1.93. The maximum Gasteiger partial charge on any atom is 0.243 e. The van der Waals surface area contributed by atoms with Crippen molar-refractivity contribution in [1.29, 1.82) is 0 Å². The summed E-state index contributed by atoms with van der Waals surface area (Å²) in [5.74, 6) is -2.25. The van der Waals surface area contributed by atoms with Gasteiger partial charge in [-0.05, 0) is 40.2 Å². The second-order valence-corrected chi connectivity index (χ2v) is 6.97. The summed E-state index contributed by atoms with van der Waals surface area (Å²) in [5.41, 5.74) is 0.127. The Kier molecular flexibility index (Phi) is 7.39. The molecule has 0 fully saturated rings. The molecule has 2 amide bonds. The lowest BCUT2D eigenvalue weighted by atomic mass is 10.3. The monoisotopic (exact) mass is 428 g/mol. The number of halogens is 3. The van der Waals surface area contributed by atoms with Crippen molar-refractivity contribution in [3.8, 4) is 0 Å². The van der Waals surface area contributed by atoms with Crippen LogP contribution in [0.2, 0.25) is 0 Å². The number of carbonyl (C=O) groups excluding carboxylic acids is 2. The smallest absolute Gasteiger partial charge is 0.243 e. The lowest BCUT2D eigenvalue weighted by molar-refractivity contribution is -0.123. The van der Waals surface area contributed by atoms with E-state index in [4.69, 9.17) is 0 Å². The van der Waals surface area contributed by atoms with Crippen LogP contribution in [0.1, 0.15) is 6.42 Å². The Bertz CT molecular complexity index is 774. The lowest BCUT2D eigenvalue weighted by Crippen LogP contribution is -2.33. The third-order valence-corrected chi connectivity index (χ3v) is 5.10. The minimum atomic E-state index is -1.05. The van der Waals surface area contributed by atoms with Gasteiger partial charge in [0.1, 0.15) is 0 Å². The highest BCUT2D eigenvalue weighted by atomic mass is 79.9. The van der Waals surface area contributed by atoms with Crippen LogP contribution in [0.5, 0.6) is 0 Å². The van der Waals surface area contributed by atoms with Crippen molar-refractivity contribution in [2.45, 2.75) is 11.3 Å². The molecule has 0 spiro atoms. The molecule has 0 unspecified atom stereocenters. The largest absolute Gasteiger partial charge is 0.347 e. The second-order valence-electron chi connectivity index (χ2n) is 4.98. The van der Waals surface area contributed by atoms with Crippen LogP contribution in [0, 0.1) is 11.6 Å². The molecule has 0 bridgehead atoms. The number of nitrogens with one attached hydrogen (secondary N) is 2. The SMILES string of the molecule is O=C(CCSc1ccccc1Br)NCC(=O)Nc1ccc(F)c(F)c1. The summed E-state index contributed by atoms with van der Waals surface area (Å²) < 4.78 is 26.8. The third-order valence-electron chi connectivity index (χ3n) is 3.07. The van der Waals surface area contributed by atoms with Gasteiger partial charge < -0.3 is 10.6 Å². The number of amides is 2. The molecule has 0 radical (unpaired) electrons. The van der Waals surface area contributed by atoms with Gasteiger partial charge in [-0.2, -0.15) is 0 Å². The standard InChI is InChI=1S/C17H15BrF2N2O2S/c18-12-3-1-2-4-15(12)25-8-7-16(23)21-10-17(24)22-11-5-6-13(19)14(20)9-11/h1-6,9H,7-8,10H2,(H,21,23)(H,22,24). The number of hydrogen-bond acceptors (Lipinski definition) is 3. The summed E-state index contributed by atoms with van der Waals surface area (Å²) in [5, 5.41) is 4.87. The fraction of sp³-hybridized carbons (Fsp3) is 0.176. The van der Waals surface area contributed by atoms with E-state index in [1.807, 2.05) is 24.3 Å². The molecular formula is C17H15BrF2N2O2S. The van der Waals surface area contributed by atoms with Crippen molar-refractivity contribution in [2.75, 3.05) is 17.6 Å². The Morgan fingerprint density at radius 2 is 1.80 bits per heavy atom. The molecule has 0 atom stereocenters. The molecule has 132 valence electrons. The average molecular weight is 429 g/mol. The third kappa shape index (κ3) is 6.47. The van der Waals surface area contributed by atoms with Gasteiger partial charge in [0.25, 0.3) is 0 Å². The van der Waals surface area contributed by atoms with Crippen LogP contribution >= 0.6 is 27.7 Å². The van der Waals surface area contributed by atoms with Gasteiger partial charge in [-0.15, -0.1) is 11.8 Å². The summed E-state index contributed by atoms with van der Waals surface area (Å²) in [6, 6.07) is 10.7. The highest BCUT2D eigenvalue weighted by molar-refractivity contribution is 9.10. The van der Waals surface area contributed by atoms with Crippen molar-refractivity contribution >= 4 is 45.2 Å². The molecule has 25 heavy (non-hydrogen) atoms. The molecule has 4 nitrogen and oxygen atoms in total. The second kappa shape index (κ2) is 9.53. The minimum Gasteiger partial charge on any atom is -0.347 e. The first-order chi connectivity index (χ1) is 12.0.